The Labute approximate surface area is 228 Å². The predicted molar refractivity (Wildman–Crippen MR) is 161 cm³/mol. The lowest BCUT2D eigenvalue weighted by molar-refractivity contribution is 0.0931. The molecule has 2 aromatic carbocycles. The van der Waals surface area contributed by atoms with E-state index in [0.29, 0.717) is 17.8 Å². The van der Waals surface area contributed by atoms with Crippen LogP contribution in [-0.2, 0) is 12.8 Å². The topological polar surface area (TPSA) is 34.1 Å². The molecule has 0 aliphatic carbocycles. The smallest absolute Gasteiger partial charge is 0.165 e. The van der Waals surface area contributed by atoms with Gasteiger partial charge in [0.15, 0.2) is 11.6 Å². The average Bonchev–Trinajstić information content (AvgIpc) is 2.79. The Morgan fingerprint density at radius 3 is 1.47 bits per heavy atom. The van der Waals surface area contributed by atoms with Crippen LogP contribution in [0, 0.1) is 29.6 Å². The van der Waals surface area contributed by atoms with Crippen molar-refractivity contribution in [1.29, 1.82) is 0 Å². The van der Waals surface area contributed by atoms with E-state index in [9.17, 15) is 9.59 Å². The molecule has 0 bridgehead atoms. The van der Waals surface area contributed by atoms with Gasteiger partial charge in [0.2, 0.25) is 0 Å². The molecule has 0 fully saturated rings. The quantitative estimate of drug-likeness (QED) is 0.245. The van der Waals surface area contributed by atoms with E-state index in [1.54, 1.807) is 0 Å². The van der Waals surface area contributed by atoms with Gasteiger partial charge in [-0.2, -0.15) is 0 Å². The lowest BCUT2D eigenvalue weighted by Gasteiger charge is -2.12. The number of carbonyl (C=O) groups excluding carboxylic acids is 2. The Morgan fingerprint density at radius 2 is 1.08 bits per heavy atom. The van der Waals surface area contributed by atoms with Gasteiger partial charge in [-0.3, -0.25) is 9.59 Å². The van der Waals surface area contributed by atoms with E-state index < -0.39 is 0 Å². The summed E-state index contributed by atoms with van der Waals surface area (Å²) in [6, 6.07) is 16.0. The van der Waals surface area contributed by atoms with Crippen molar-refractivity contribution in [1.82, 2.24) is 0 Å². The van der Waals surface area contributed by atoms with E-state index in [2.05, 4.69) is 59.7 Å². The van der Waals surface area contributed by atoms with Crippen LogP contribution >= 0.6 is 11.6 Å². The van der Waals surface area contributed by atoms with Crippen molar-refractivity contribution in [3.63, 3.8) is 0 Å². The van der Waals surface area contributed by atoms with Gasteiger partial charge in [0.1, 0.15) is 0 Å². The molecule has 2 aromatic rings. The minimum Gasteiger partial charge on any atom is -0.294 e. The fourth-order valence-electron chi connectivity index (χ4n) is 3.30. The standard InChI is InChI=1S/2C14H20O.C4H9Cl.CH4/c1-10(2)9-12-5-7-13(8-6-12)14(15)11(3)4;1-10(2)9-12-7-5-6-8-13(12)14(15)11(3)4;1-4(2)3-5;/h2*5-8,10-11H,9H2,1-4H3;4H,3H2,1-2H3;1H4. The number of rotatable bonds is 9. The Morgan fingerprint density at radius 1 is 0.639 bits per heavy atom. The first kappa shape index (κ1) is 36.2. The molecule has 0 amide bonds. The summed E-state index contributed by atoms with van der Waals surface area (Å²) in [5, 5.41) is 0. The molecule has 0 radical (unpaired) electrons. The van der Waals surface area contributed by atoms with Crippen molar-refractivity contribution in [3.8, 4) is 0 Å². The van der Waals surface area contributed by atoms with Crippen LogP contribution < -0.4 is 0 Å². The highest BCUT2D eigenvalue weighted by Crippen LogP contribution is 2.17. The Bertz CT molecular complexity index is 862. The maximum Gasteiger partial charge on any atom is 0.165 e. The number of hydrogen-bond acceptors (Lipinski definition) is 2. The van der Waals surface area contributed by atoms with Gasteiger partial charge in [-0.05, 0) is 41.7 Å². The van der Waals surface area contributed by atoms with Crippen LogP contribution in [0.4, 0.5) is 0 Å². The van der Waals surface area contributed by atoms with Crippen LogP contribution in [0.15, 0.2) is 48.5 Å². The molecule has 0 saturated carbocycles. The van der Waals surface area contributed by atoms with Gasteiger partial charge in [-0.1, -0.05) is 125 Å². The monoisotopic (exact) mass is 516 g/mol. The molecule has 0 aliphatic heterocycles. The zero-order valence-corrected chi connectivity index (χ0v) is 24.6. The predicted octanol–water partition coefficient (Wildman–Crippen LogP) is 9.96. The van der Waals surface area contributed by atoms with Crippen LogP contribution in [0.2, 0.25) is 0 Å². The van der Waals surface area contributed by atoms with Crippen LogP contribution in [0.25, 0.3) is 0 Å². The molecule has 36 heavy (non-hydrogen) atoms. The second-order valence-corrected chi connectivity index (χ2v) is 11.4. The van der Waals surface area contributed by atoms with Gasteiger partial charge in [-0.15, -0.1) is 11.6 Å². The first-order valence-electron chi connectivity index (χ1n) is 13.1. The maximum absolute atomic E-state index is 11.9. The minimum absolute atomic E-state index is 0. The maximum atomic E-state index is 11.9. The lowest BCUT2D eigenvalue weighted by Crippen LogP contribution is -2.11. The van der Waals surface area contributed by atoms with Crippen LogP contribution in [-0.4, -0.2) is 17.4 Å². The Kier molecular flexibility index (Phi) is 19.3. The van der Waals surface area contributed by atoms with Crippen molar-refractivity contribution in [2.24, 2.45) is 29.6 Å². The Balaban J connectivity index is 0. The molecular weight excluding hydrogens is 464 g/mol. The van der Waals surface area contributed by atoms with Gasteiger partial charge in [-0.25, -0.2) is 0 Å². The molecule has 0 heterocycles. The first-order chi connectivity index (χ1) is 16.3. The SMILES string of the molecule is C.CC(C)CCl.CC(C)Cc1ccc(C(=O)C(C)C)cc1.CC(C)Cc1ccccc1C(=O)C(C)C. The number of alkyl halides is 1. The van der Waals surface area contributed by atoms with Crippen molar-refractivity contribution in [2.75, 3.05) is 5.88 Å². The van der Waals surface area contributed by atoms with E-state index in [0.717, 1.165) is 29.8 Å². The molecule has 0 saturated heterocycles. The normalized spacial score (nSPS) is 10.6. The molecule has 3 heteroatoms. The second-order valence-electron chi connectivity index (χ2n) is 11.1. The molecule has 0 atom stereocenters. The van der Waals surface area contributed by atoms with Gasteiger partial charge >= 0.3 is 0 Å². The van der Waals surface area contributed by atoms with E-state index in [4.69, 9.17) is 11.6 Å². The zero-order chi connectivity index (χ0) is 27.1. The molecular formula is C33H53ClO2. The van der Waals surface area contributed by atoms with Gasteiger partial charge in [0.25, 0.3) is 0 Å². The third-order valence-corrected chi connectivity index (χ3v) is 5.77. The van der Waals surface area contributed by atoms with E-state index >= 15 is 0 Å². The molecule has 2 nitrogen and oxygen atoms in total. The molecule has 0 spiro atoms. The fraction of sp³-hybridized carbons (Fsp3) is 0.576. The molecule has 0 aromatic heterocycles. The van der Waals surface area contributed by atoms with Crippen molar-refractivity contribution in [3.05, 3.63) is 70.8 Å². The molecule has 204 valence electrons. The summed E-state index contributed by atoms with van der Waals surface area (Å²) in [6.07, 6.45) is 2.06. The van der Waals surface area contributed by atoms with E-state index in [1.807, 2.05) is 58.0 Å². The second kappa shape index (κ2) is 19.2. The summed E-state index contributed by atoms with van der Waals surface area (Å²) in [6.45, 7) is 20.7. The summed E-state index contributed by atoms with van der Waals surface area (Å²) in [5.41, 5.74) is 4.23. The third kappa shape index (κ3) is 15.2. The van der Waals surface area contributed by atoms with Crippen LogP contribution in [0.1, 0.15) is 109 Å². The summed E-state index contributed by atoms with van der Waals surface area (Å²) >= 11 is 5.34. The van der Waals surface area contributed by atoms with Crippen molar-refractivity contribution < 1.29 is 9.59 Å². The summed E-state index contributed by atoms with van der Waals surface area (Å²) < 4.78 is 0. The third-order valence-electron chi connectivity index (χ3n) is 5.15. The number of Topliss-reactive ketones (excluding diaryl/α,β-unsaturated/α-hetero) is 2. The van der Waals surface area contributed by atoms with Gasteiger partial charge in [0, 0.05) is 28.8 Å². The fourth-order valence-corrected chi connectivity index (χ4v) is 3.30. The number of halogens is 1. The highest BCUT2D eigenvalue weighted by atomic mass is 35.5. The first-order valence-corrected chi connectivity index (χ1v) is 13.6. The Hall–Kier alpha value is -1.93. The lowest BCUT2D eigenvalue weighted by atomic mass is 9.92. The number of carbonyl (C=O) groups is 2. The number of benzene rings is 2. The summed E-state index contributed by atoms with van der Waals surface area (Å²) in [7, 11) is 0. The molecule has 0 unspecified atom stereocenters. The highest BCUT2D eigenvalue weighted by molar-refractivity contribution is 6.18. The van der Waals surface area contributed by atoms with E-state index in [1.165, 1.54) is 11.1 Å². The van der Waals surface area contributed by atoms with E-state index in [-0.39, 0.29) is 30.8 Å². The van der Waals surface area contributed by atoms with Crippen molar-refractivity contribution in [2.45, 2.75) is 89.5 Å². The van der Waals surface area contributed by atoms with Crippen molar-refractivity contribution >= 4 is 23.2 Å². The number of hydrogen-bond donors (Lipinski definition) is 0. The number of ketones is 2. The summed E-state index contributed by atoms with van der Waals surface area (Å²) in [5.74, 6) is 3.33. The minimum atomic E-state index is 0. The van der Waals surface area contributed by atoms with Gasteiger partial charge in [0.05, 0.1) is 0 Å². The van der Waals surface area contributed by atoms with Crippen LogP contribution in [0.5, 0.6) is 0 Å². The molecule has 2 rings (SSSR count). The highest BCUT2D eigenvalue weighted by Gasteiger charge is 2.14. The molecule has 0 aliphatic rings. The average molecular weight is 517 g/mol. The van der Waals surface area contributed by atoms with Gasteiger partial charge < -0.3 is 0 Å². The summed E-state index contributed by atoms with van der Waals surface area (Å²) in [4.78, 5) is 23.6. The zero-order valence-electron chi connectivity index (χ0n) is 23.8. The molecule has 0 N–H and O–H groups in total. The largest absolute Gasteiger partial charge is 0.294 e. The van der Waals surface area contributed by atoms with Crippen LogP contribution in [0.3, 0.4) is 0 Å².